The maximum absolute atomic E-state index is 13.2. The first-order valence-electron chi connectivity index (χ1n) is 7.76. The Balaban J connectivity index is 2.18. The summed E-state index contributed by atoms with van der Waals surface area (Å²) in [7, 11) is 0. The molecule has 0 radical (unpaired) electrons. The highest BCUT2D eigenvalue weighted by Gasteiger charge is 2.17. The summed E-state index contributed by atoms with van der Waals surface area (Å²) in [5.41, 5.74) is 0.493. The van der Waals surface area contributed by atoms with E-state index in [2.05, 4.69) is 41.8 Å². The molecule has 26 heavy (non-hydrogen) atoms. The Labute approximate surface area is 164 Å². The molecule has 0 aliphatic carbocycles. The number of hydrogen-bond donors (Lipinski definition) is 0. The second-order valence-corrected chi connectivity index (χ2v) is 7.62. The van der Waals surface area contributed by atoms with Crippen LogP contribution in [0.1, 0.15) is 11.6 Å². The topological polar surface area (TPSA) is 69.8 Å². The molecule has 0 amide bonds. The first-order chi connectivity index (χ1) is 12.4. The number of halogens is 2. The molecule has 0 atom stereocenters. The highest BCUT2D eigenvalue weighted by Crippen LogP contribution is 2.25. The lowest BCUT2D eigenvalue weighted by Crippen LogP contribution is -2.38. The maximum atomic E-state index is 13.2. The Morgan fingerprint density at radius 2 is 1.46 bits per heavy atom. The number of benzene rings is 2. The average Bonchev–Trinajstić information content (AvgIpc) is 2.59. The monoisotopic (exact) mass is 474 g/mol. The molecule has 2 aromatic heterocycles. The van der Waals surface area contributed by atoms with Gasteiger partial charge >= 0.3 is 0 Å². The lowest BCUT2D eigenvalue weighted by Gasteiger charge is -2.16. The number of para-hydroxylation sites is 1. The Kier molecular flexibility index (Phi) is 4.04. The summed E-state index contributed by atoms with van der Waals surface area (Å²) >= 11 is 6.83. The van der Waals surface area contributed by atoms with Gasteiger partial charge in [0.05, 0.1) is 21.8 Å². The van der Waals surface area contributed by atoms with Gasteiger partial charge in [0.2, 0.25) is 0 Å². The zero-order chi connectivity index (χ0) is 18.6. The minimum atomic E-state index is -0.336. The molecule has 0 unspecified atom stereocenters. The molecule has 0 fully saturated rings. The van der Waals surface area contributed by atoms with Crippen molar-refractivity contribution >= 4 is 53.7 Å². The van der Waals surface area contributed by atoms with Gasteiger partial charge in [-0.25, -0.2) is 9.97 Å². The minimum Gasteiger partial charge on any atom is -0.267 e. The fourth-order valence-corrected chi connectivity index (χ4v) is 4.33. The molecule has 4 aromatic rings. The normalized spacial score (nSPS) is 11.4. The third-order valence-electron chi connectivity index (χ3n) is 4.15. The fourth-order valence-electron chi connectivity index (χ4n) is 3.02. The number of rotatable bonds is 1. The van der Waals surface area contributed by atoms with Crippen molar-refractivity contribution in [2.75, 3.05) is 0 Å². The number of nitrogens with zero attached hydrogens (tertiary/aromatic N) is 4. The Hall–Kier alpha value is -2.32. The van der Waals surface area contributed by atoms with E-state index in [1.165, 1.54) is 9.35 Å². The summed E-state index contributed by atoms with van der Waals surface area (Å²) in [6.07, 6.45) is 0. The Bertz CT molecular complexity index is 1330. The largest absolute Gasteiger partial charge is 0.280 e. The SMILES string of the molecule is Cc1nc2ccccc2c(=O)n1-n1c(C)nc2c(Br)cc(Br)cc2c1=O. The number of aryl methyl sites for hydroxylation is 2. The van der Waals surface area contributed by atoms with Gasteiger partial charge in [0.15, 0.2) is 0 Å². The number of aromatic nitrogens is 4. The van der Waals surface area contributed by atoms with Crippen molar-refractivity contribution in [3.63, 3.8) is 0 Å². The van der Waals surface area contributed by atoms with Crippen molar-refractivity contribution in [1.82, 2.24) is 19.3 Å². The van der Waals surface area contributed by atoms with Crippen LogP contribution in [0.5, 0.6) is 0 Å². The van der Waals surface area contributed by atoms with Crippen molar-refractivity contribution in [3.05, 3.63) is 77.7 Å². The van der Waals surface area contributed by atoms with Crippen LogP contribution in [0.2, 0.25) is 0 Å². The molecule has 0 N–H and O–H groups in total. The highest BCUT2D eigenvalue weighted by atomic mass is 79.9. The standard InChI is InChI=1S/C18H12Br2N4O2/c1-9-21-15-6-4-3-5-12(15)17(25)23(9)24-10(2)22-16-13(18(24)26)7-11(19)8-14(16)20/h3-8H,1-2H3. The molecule has 4 rings (SSSR count). The third kappa shape index (κ3) is 2.52. The maximum Gasteiger partial charge on any atom is 0.280 e. The van der Waals surface area contributed by atoms with Crippen molar-refractivity contribution in [2.24, 2.45) is 0 Å². The van der Waals surface area contributed by atoms with Crippen LogP contribution < -0.4 is 11.1 Å². The predicted octanol–water partition coefficient (Wildman–Crippen LogP) is 3.56. The van der Waals surface area contributed by atoms with Crippen LogP contribution in [0.25, 0.3) is 21.8 Å². The van der Waals surface area contributed by atoms with Gasteiger partial charge in [0.1, 0.15) is 11.6 Å². The van der Waals surface area contributed by atoms with E-state index in [9.17, 15) is 9.59 Å². The quantitative estimate of drug-likeness (QED) is 0.422. The van der Waals surface area contributed by atoms with Crippen LogP contribution in [-0.2, 0) is 0 Å². The van der Waals surface area contributed by atoms with Crippen LogP contribution in [-0.4, -0.2) is 19.3 Å². The zero-order valence-corrected chi connectivity index (χ0v) is 17.0. The van der Waals surface area contributed by atoms with E-state index < -0.39 is 0 Å². The van der Waals surface area contributed by atoms with Gasteiger partial charge in [-0.1, -0.05) is 28.1 Å². The van der Waals surface area contributed by atoms with E-state index in [4.69, 9.17) is 0 Å². The Morgan fingerprint density at radius 1 is 0.846 bits per heavy atom. The molecule has 8 heteroatoms. The smallest absolute Gasteiger partial charge is 0.267 e. The summed E-state index contributed by atoms with van der Waals surface area (Å²) in [4.78, 5) is 35.2. The lowest BCUT2D eigenvalue weighted by atomic mass is 10.2. The van der Waals surface area contributed by atoms with Gasteiger partial charge in [-0.2, -0.15) is 9.35 Å². The van der Waals surface area contributed by atoms with Crippen molar-refractivity contribution < 1.29 is 0 Å². The van der Waals surface area contributed by atoms with Crippen LogP contribution in [0.4, 0.5) is 0 Å². The second kappa shape index (κ2) is 6.14. The van der Waals surface area contributed by atoms with Crippen LogP contribution >= 0.6 is 31.9 Å². The van der Waals surface area contributed by atoms with Crippen LogP contribution in [0.15, 0.2) is 54.9 Å². The average molecular weight is 476 g/mol. The zero-order valence-electron chi connectivity index (χ0n) is 13.8. The summed E-state index contributed by atoms with van der Waals surface area (Å²) < 4.78 is 4.00. The molecular formula is C18H12Br2N4O2. The molecule has 0 saturated carbocycles. The van der Waals surface area contributed by atoms with Gasteiger partial charge in [-0.05, 0) is 54.0 Å². The van der Waals surface area contributed by atoms with Gasteiger partial charge < -0.3 is 0 Å². The lowest BCUT2D eigenvalue weighted by molar-refractivity contribution is 0.553. The molecule has 2 aromatic carbocycles. The van der Waals surface area contributed by atoms with Crippen molar-refractivity contribution in [2.45, 2.75) is 13.8 Å². The van der Waals surface area contributed by atoms with Gasteiger partial charge in [0.25, 0.3) is 11.1 Å². The fraction of sp³-hybridized carbons (Fsp3) is 0.111. The van der Waals surface area contributed by atoms with E-state index in [-0.39, 0.29) is 11.1 Å². The summed E-state index contributed by atoms with van der Waals surface area (Å²) in [5.74, 6) is 0.807. The molecule has 0 spiro atoms. The van der Waals surface area contributed by atoms with E-state index in [0.29, 0.717) is 37.9 Å². The molecule has 0 aliphatic heterocycles. The van der Waals surface area contributed by atoms with Crippen LogP contribution in [0, 0.1) is 13.8 Å². The first-order valence-corrected chi connectivity index (χ1v) is 9.34. The molecule has 0 aliphatic rings. The number of hydrogen-bond acceptors (Lipinski definition) is 4. The molecule has 2 heterocycles. The first kappa shape index (κ1) is 17.1. The highest BCUT2D eigenvalue weighted by molar-refractivity contribution is 9.11. The van der Waals surface area contributed by atoms with Crippen molar-refractivity contribution in [1.29, 1.82) is 0 Å². The molecule has 6 nitrogen and oxygen atoms in total. The summed E-state index contributed by atoms with van der Waals surface area (Å²) in [6, 6.07) is 10.6. The van der Waals surface area contributed by atoms with E-state index in [1.54, 1.807) is 38.1 Å². The van der Waals surface area contributed by atoms with Gasteiger partial charge in [-0.3, -0.25) is 9.59 Å². The van der Waals surface area contributed by atoms with Gasteiger partial charge in [-0.15, -0.1) is 0 Å². The third-order valence-corrected chi connectivity index (χ3v) is 5.21. The van der Waals surface area contributed by atoms with Gasteiger partial charge in [0, 0.05) is 8.95 Å². The second-order valence-electron chi connectivity index (χ2n) is 5.85. The minimum absolute atomic E-state index is 0.312. The van der Waals surface area contributed by atoms with Crippen molar-refractivity contribution in [3.8, 4) is 0 Å². The number of fused-ring (bicyclic) bond motifs is 2. The summed E-state index contributed by atoms with van der Waals surface area (Å²) in [5, 5.41) is 0.844. The molecular weight excluding hydrogens is 464 g/mol. The van der Waals surface area contributed by atoms with E-state index in [0.717, 1.165) is 4.47 Å². The van der Waals surface area contributed by atoms with E-state index in [1.807, 2.05) is 12.1 Å². The Morgan fingerprint density at radius 3 is 2.19 bits per heavy atom. The van der Waals surface area contributed by atoms with E-state index >= 15 is 0 Å². The molecule has 0 saturated heterocycles. The van der Waals surface area contributed by atoms with Crippen LogP contribution in [0.3, 0.4) is 0 Å². The predicted molar refractivity (Wildman–Crippen MR) is 108 cm³/mol. The molecule has 0 bridgehead atoms. The summed E-state index contributed by atoms with van der Waals surface area (Å²) in [6.45, 7) is 3.39. The molecule has 130 valence electrons.